The van der Waals surface area contributed by atoms with Crippen LogP contribution in [0.3, 0.4) is 0 Å². The number of oxazole rings is 1. The van der Waals surface area contributed by atoms with E-state index < -0.39 is 0 Å². The number of rotatable bonds is 3. The van der Waals surface area contributed by atoms with Crippen molar-refractivity contribution in [2.75, 3.05) is 0 Å². The molecule has 0 amide bonds. The van der Waals surface area contributed by atoms with E-state index in [0.717, 1.165) is 17.3 Å². The summed E-state index contributed by atoms with van der Waals surface area (Å²) >= 11 is 1.79. The van der Waals surface area contributed by atoms with Crippen LogP contribution in [0.25, 0.3) is 0 Å². The maximum atomic E-state index is 5.52. The number of thioether (sulfide) groups is 1. The minimum atomic E-state index is 0.501. The van der Waals surface area contributed by atoms with Crippen molar-refractivity contribution in [2.24, 2.45) is 4.99 Å². The van der Waals surface area contributed by atoms with Gasteiger partial charge in [0, 0.05) is 17.7 Å². The van der Waals surface area contributed by atoms with Crippen LogP contribution in [0.15, 0.2) is 15.6 Å². The summed E-state index contributed by atoms with van der Waals surface area (Å²) in [5, 5.41) is 5.01. The fourth-order valence-electron chi connectivity index (χ4n) is 1.85. The summed E-state index contributed by atoms with van der Waals surface area (Å²) in [6.45, 7) is 7.00. The predicted octanol–water partition coefficient (Wildman–Crippen LogP) is 2.60. The first-order valence-electron chi connectivity index (χ1n) is 6.08. The molecule has 0 aliphatic carbocycles. The van der Waals surface area contributed by atoms with Crippen molar-refractivity contribution < 1.29 is 4.42 Å². The summed E-state index contributed by atoms with van der Waals surface area (Å²) in [7, 11) is 0. The molecule has 1 aliphatic heterocycles. The molecule has 0 bridgehead atoms. The second-order valence-corrected chi connectivity index (χ2v) is 5.83. The number of hydrogen-bond acceptors (Lipinski definition) is 4. The molecular formula is C12H19N3OS. The Hall–Kier alpha value is -0.970. The van der Waals surface area contributed by atoms with Gasteiger partial charge in [-0.05, 0) is 13.3 Å². The van der Waals surface area contributed by atoms with Crippen molar-refractivity contribution in [1.82, 2.24) is 10.3 Å². The molecule has 4 nitrogen and oxygen atoms in total. The Bertz CT molecular complexity index is 390. The van der Waals surface area contributed by atoms with Crippen molar-refractivity contribution in [3.8, 4) is 0 Å². The normalized spacial score (nSPS) is 27.1. The first-order valence-corrected chi connectivity index (χ1v) is 6.96. The number of hydrogen-bond donors (Lipinski definition) is 1. The van der Waals surface area contributed by atoms with Gasteiger partial charge in [-0.15, -0.1) is 0 Å². The molecule has 2 heterocycles. The number of aromatic nitrogens is 1. The van der Waals surface area contributed by atoms with Crippen molar-refractivity contribution in [3.63, 3.8) is 0 Å². The molecule has 1 aromatic heterocycles. The number of nitrogens with one attached hydrogen (secondary N) is 1. The quantitative estimate of drug-likeness (QED) is 0.899. The van der Waals surface area contributed by atoms with Crippen LogP contribution in [0, 0.1) is 0 Å². The number of aryl methyl sites for hydroxylation is 1. The highest BCUT2D eigenvalue weighted by Gasteiger charge is 2.19. The fraction of sp³-hybridized carbons (Fsp3) is 0.667. The molecule has 0 spiro atoms. The second kappa shape index (κ2) is 5.58. The molecular weight excluding hydrogens is 234 g/mol. The Morgan fingerprint density at radius 3 is 3.06 bits per heavy atom. The molecule has 5 heteroatoms. The average Bonchev–Trinajstić information content (AvgIpc) is 2.73. The van der Waals surface area contributed by atoms with Crippen molar-refractivity contribution in [2.45, 2.75) is 51.4 Å². The minimum Gasteiger partial charge on any atom is -0.444 e. The lowest BCUT2D eigenvalue weighted by Gasteiger charge is -2.26. The van der Waals surface area contributed by atoms with Gasteiger partial charge in [-0.1, -0.05) is 25.6 Å². The van der Waals surface area contributed by atoms with Crippen LogP contribution >= 0.6 is 11.8 Å². The van der Waals surface area contributed by atoms with Crippen LogP contribution in [0.2, 0.25) is 0 Å². The van der Waals surface area contributed by atoms with E-state index in [2.05, 4.69) is 36.1 Å². The predicted molar refractivity (Wildman–Crippen MR) is 71.3 cm³/mol. The summed E-state index contributed by atoms with van der Waals surface area (Å²) in [6.07, 6.45) is 3.84. The van der Waals surface area contributed by atoms with Crippen LogP contribution in [0.1, 0.15) is 38.8 Å². The van der Waals surface area contributed by atoms with Crippen LogP contribution in [0.4, 0.5) is 0 Å². The molecule has 0 aromatic carbocycles. The van der Waals surface area contributed by atoms with Gasteiger partial charge in [-0.3, -0.25) is 4.99 Å². The summed E-state index contributed by atoms with van der Waals surface area (Å²) in [4.78, 5) is 8.71. The highest BCUT2D eigenvalue weighted by Crippen LogP contribution is 2.22. The first-order chi connectivity index (χ1) is 8.17. The molecule has 0 saturated carbocycles. The van der Waals surface area contributed by atoms with E-state index in [0.29, 0.717) is 23.7 Å². The molecule has 1 aromatic rings. The maximum Gasteiger partial charge on any atom is 0.216 e. The van der Waals surface area contributed by atoms with E-state index in [4.69, 9.17) is 4.42 Å². The van der Waals surface area contributed by atoms with E-state index in [1.807, 2.05) is 0 Å². The van der Waals surface area contributed by atoms with Gasteiger partial charge in [-0.25, -0.2) is 4.98 Å². The first kappa shape index (κ1) is 12.5. The largest absolute Gasteiger partial charge is 0.444 e. The number of nitrogens with zero attached hydrogens (tertiary/aromatic N) is 2. The Morgan fingerprint density at radius 1 is 1.59 bits per heavy atom. The topological polar surface area (TPSA) is 50.4 Å². The standard InChI is InChI=1S/C12H19N3OS/c1-4-10-6-13-11(16-10)7-14-12-15-8(2)5-9(3)17-12/h6,8-9H,4-5,7H2,1-3H3,(H,14,15). The Kier molecular flexibility index (Phi) is 4.10. The van der Waals surface area contributed by atoms with Crippen molar-refractivity contribution in [3.05, 3.63) is 17.8 Å². The highest BCUT2D eigenvalue weighted by atomic mass is 32.2. The molecule has 2 unspecified atom stereocenters. The molecule has 94 valence electrons. The van der Waals surface area contributed by atoms with Gasteiger partial charge >= 0.3 is 0 Å². The van der Waals surface area contributed by atoms with Gasteiger partial charge < -0.3 is 9.73 Å². The van der Waals surface area contributed by atoms with E-state index in [1.165, 1.54) is 6.42 Å². The number of aliphatic imine (C=N–C) groups is 1. The lowest BCUT2D eigenvalue weighted by molar-refractivity contribution is 0.461. The van der Waals surface area contributed by atoms with Crippen LogP contribution in [-0.4, -0.2) is 21.4 Å². The summed E-state index contributed by atoms with van der Waals surface area (Å²) in [5.41, 5.74) is 0. The van der Waals surface area contributed by atoms with Crippen LogP contribution in [-0.2, 0) is 13.0 Å². The fourth-order valence-corrected chi connectivity index (χ4v) is 3.02. The lowest BCUT2D eigenvalue weighted by atomic mass is 10.2. The lowest BCUT2D eigenvalue weighted by Crippen LogP contribution is -2.38. The molecule has 1 N–H and O–H groups in total. The van der Waals surface area contributed by atoms with E-state index in [-0.39, 0.29) is 0 Å². The van der Waals surface area contributed by atoms with Crippen molar-refractivity contribution >= 4 is 16.9 Å². The Labute approximate surface area is 106 Å². The molecule has 2 rings (SSSR count). The molecule has 1 fully saturated rings. The average molecular weight is 253 g/mol. The van der Waals surface area contributed by atoms with E-state index in [1.54, 1.807) is 18.0 Å². The second-order valence-electron chi connectivity index (χ2n) is 4.40. The molecule has 2 atom stereocenters. The van der Waals surface area contributed by atoms with Gasteiger partial charge in [0.2, 0.25) is 5.89 Å². The number of amidine groups is 1. The smallest absolute Gasteiger partial charge is 0.216 e. The van der Waals surface area contributed by atoms with Gasteiger partial charge in [0.05, 0.1) is 6.20 Å². The zero-order valence-electron chi connectivity index (χ0n) is 10.6. The summed E-state index contributed by atoms with van der Waals surface area (Å²) in [5.74, 6) is 1.62. The highest BCUT2D eigenvalue weighted by molar-refractivity contribution is 8.14. The molecule has 1 aliphatic rings. The van der Waals surface area contributed by atoms with Crippen LogP contribution in [0.5, 0.6) is 0 Å². The third-order valence-corrected chi connectivity index (χ3v) is 3.74. The minimum absolute atomic E-state index is 0.501. The zero-order chi connectivity index (χ0) is 12.3. The third kappa shape index (κ3) is 3.49. The van der Waals surface area contributed by atoms with Gasteiger partial charge in [0.1, 0.15) is 12.3 Å². The molecule has 1 saturated heterocycles. The Balaban J connectivity index is 1.95. The Morgan fingerprint density at radius 2 is 2.41 bits per heavy atom. The molecule has 17 heavy (non-hydrogen) atoms. The SMILES string of the molecule is CCc1cnc(CN=C2NC(C)CC(C)S2)o1. The van der Waals surface area contributed by atoms with E-state index >= 15 is 0 Å². The van der Waals surface area contributed by atoms with Gasteiger partial charge in [0.25, 0.3) is 0 Å². The zero-order valence-corrected chi connectivity index (χ0v) is 11.4. The monoisotopic (exact) mass is 253 g/mol. The van der Waals surface area contributed by atoms with E-state index in [9.17, 15) is 0 Å². The van der Waals surface area contributed by atoms with Gasteiger partial charge in [-0.2, -0.15) is 0 Å². The maximum absolute atomic E-state index is 5.52. The summed E-state index contributed by atoms with van der Waals surface area (Å²) in [6, 6.07) is 0.501. The molecule has 0 radical (unpaired) electrons. The summed E-state index contributed by atoms with van der Waals surface area (Å²) < 4.78 is 5.52. The van der Waals surface area contributed by atoms with Gasteiger partial charge in [0.15, 0.2) is 5.17 Å². The third-order valence-electron chi connectivity index (χ3n) is 2.68. The van der Waals surface area contributed by atoms with Crippen molar-refractivity contribution in [1.29, 1.82) is 0 Å². The van der Waals surface area contributed by atoms with Crippen LogP contribution < -0.4 is 5.32 Å².